The van der Waals surface area contributed by atoms with Crippen molar-refractivity contribution in [3.05, 3.63) is 75.8 Å². The van der Waals surface area contributed by atoms with Gasteiger partial charge in [-0.3, -0.25) is 9.59 Å². The Bertz CT molecular complexity index is 1730. The summed E-state index contributed by atoms with van der Waals surface area (Å²) in [5.74, 6) is -2.84. The minimum atomic E-state index is -4.83. The van der Waals surface area contributed by atoms with Crippen molar-refractivity contribution < 1.29 is 31.2 Å². The zero-order chi connectivity index (χ0) is 29.4. The highest BCUT2D eigenvalue weighted by molar-refractivity contribution is 7.90. The lowest BCUT2D eigenvalue weighted by molar-refractivity contribution is -0.147. The van der Waals surface area contributed by atoms with Crippen molar-refractivity contribution in [3.8, 4) is 5.69 Å². The van der Waals surface area contributed by atoms with Crippen LogP contribution in [-0.2, 0) is 22.6 Å². The Morgan fingerprint density at radius 3 is 2.42 bits per heavy atom. The number of sulfone groups is 1. The topological polar surface area (TPSA) is 154 Å². The molecule has 40 heavy (non-hydrogen) atoms. The van der Waals surface area contributed by atoms with Crippen molar-refractivity contribution in [2.75, 3.05) is 18.6 Å². The average Bonchev–Trinajstić information content (AvgIpc) is 3.52. The van der Waals surface area contributed by atoms with Gasteiger partial charge in [0.1, 0.15) is 5.69 Å². The van der Waals surface area contributed by atoms with Gasteiger partial charge < -0.3 is 10.6 Å². The SMILES string of the molecule is CNC(=O)c1cc(S(C)(=O)=O)cc(C)c1NC(=O)c1cc(Cn2nnnc2C(F)(F)F)nn1-c1ccccc1Cl. The van der Waals surface area contributed by atoms with E-state index in [4.69, 9.17) is 11.6 Å². The third kappa shape index (κ3) is 5.81. The van der Waals surface area contributed by atoms with E-state index in [2.05, 4.69) is 31.3 Å². The van der Waals surface area contributed by atoms with Gasteiger partial charge in [-0.2, -0.15) is 18.3 Å². The number of tetrazole rings is 1. The van der Waals surface area contributed by atoms with Crippen molar-refractivity contribution in [1.29, 1.82) is 0 Å². The Labute approximate surface area is 230 Å². The van der Waals surface area contributed by atoms with Crippen LogP contribution in [0.2, 0.25) is 5.02 Å². The van der Waals surface area contributed by atoms with Crippen LogP contribution >= 0.6 is 11.6 Å². The van der Waals surface area contributed by atoms with Crippen LogP contribution in [0.25, 0.3) is 5.69 Å². The van der Waals surface area contributed by atoms with E-state index in [1.807, 2.05) is 0 Å². The van der Waals surface area contributed by atoms with Crippen molar-refractivity contribution >= 4 is 38.9 Å². The van der Waals surface area contributed by atoms with Crippen molar-refractivity contribution in [2.45, 2.75) is 24.5 Å². The number of anilines is 1. The molecule has 0 fully saturated rings. The highest BCUT2D eigenvalue weighted by Gasteiger charge is 2.38. The molecule has 0 radical (unpaired) electrons. The molecule has 0 aliphatic rings. The van der Waals surface area contributed by atoms with E-state index in [9.17, 15) is 31.2 Å². The monoisotopic (exact) mass is 596 g/mol. The number of para-hydroxylation sites is 1. The Morgan fingerprint density at radius 1 is 1.10 bits per heavy atom. The quantitative estimate of drug-likeness (QED) is 0.330. The van der Waals surface area contributed by atoms with Crippen LogP contribution in [0.15, 0.2) is 47.4 Å². The number of hydrogen-bond acceptors (Lipinski definition) is 8. The molecule has 0 atom stereocenters. The first-order valence-electron chi connectivity index (χ1n) is 11.3. The first kappa shape index (κ1) is 28.7. The van der Waals surface area contributed by atoms with Crippen LogP contribution in [0.5, 0.6) is 0 Å². The number of alkyl halides is 3. The number of nitrogens with zero attached hydrogens (tertiary/aromatic N) is 6. The fourth-order valence-corrected chi connectivity index (χ4v) is 4.71. The number of aromatic nitrogens is 6. The number of amides is 2. The molecular weight excluding hydrogens is 577 g/mol. The van der Waals surface area contributed by atoms with E-state index in [1.165, 1.54) is 38.2 Å². The highest BCUT2D eigenvalue weighted by Crippen LogP contribution is 2.29. The summed E-state index contributed by atoms with van der Waals surface area (Å²) < 4.78 is 65.7. The lowest BCUT2D eigenvalue weighted by Crippen LogP contribution is -2.24. The number of carbonyl (C=O) groups excluding carboxylic acids is 2. The molecule has 2 N–H and O–H groups in total. The van der Waals surface area contributed by atoms with Gasteiger partial charge in [0.15, 0.2) is 9.84 Å². The summed E-state index contributed by atoms with van der Waals surface area (Å²) in [6.07, 6.45) is -3.85. The second kappa shape index (κ2) is 10.7. The van der Waals surface area contributed by atoms with Crippen LogP contribution in [0.1, 0.15) is 37.9 Å². The Kier molecular flexibility index (Phi) is 7.67. The van der Waals surface area contributed by atoms with Crippen LogP contribution in [0, 0.1) is 6.92 Å². The molecule has 0 unspecified atom stereocenters. The van der Waals surface area contributed by atoms with Crippen molar-refractivity contribution in [2.24, 2.45) is 0 Å². The molecule has 210 valence electrons. The molecule has 0 aliphatic heterocycles. The molecule has 0 aliphatic carbocycles. The summed E-state index contributed by atoms with van der Waals surface area (Å²) >= 11 is 6.31. The van der Waals surface area contributed by atoms with Gasteiger partial charge >= 0.3 is 6.18 Å². The van der Waals surface area contributed by atoms with Gasteiger partial charge in [-0.25, -0.2) is 17.8 Å². The molecular formula is C23H20ClF3N8O4S. The number of aryl methyl sites for hydroxylation is 1. The maximum atomic E-state index is 13.6. The number of benzene rings is 2. The summed E-state index contributed by atoms with van der Waals surface area (Å²) in [4.78, 5) is 26.0. The van der Waals surface area contributed by atoms with Gasteiger partial charge in [0, 0.05) is 13.3 Å². The maximum Gasteiger partial charge on any atom is 0.453 e. The standard InChI is InChI=1S/C23H20ClF3N8O4S/c1-12-8-14(40(3,38)39)10-15(20(36)28-2)19(12)29-21(37)18-9-13(11-34-22(23(25,26)27)30-32-33-34)31-35(18)17-7-5-4-6-16(17)24/h4-10H,11H2,1-3H3,(H,28,36)(H,29,37). The normalized spacial score (nSPS) is 11.9. The van der Waals surface area contributed by atoms with E-state index in [-0.39, 0.29) is 43.8 Å². The summed E-state index contributed by atoms with van der Waals surface area (Å²) in [5.41, 5.74) is 0.234. The number of halogens is 4. The summed E-state index contributed by atoms with van der Waals surface area (Å²) in [7, 11) is -2.35. The van der Waals surface area contributed by atoms with E-state index in [0.717, 1.165) is 17.0 Å². The van der Waals surface area contributed by atoms with Gasteiger partial charge in [-0.15, -0.1) is 5.10 Å². The molecule has 2 heterocycles. The van der Waals surface area contributed by atoms with Gasteiger partial charge in [0.05, 0.1) is 39.1 Å². The smallest absolute Gasteiger partial charge is 0.355 e. The number of nitrogens with one attached hydrogen (secondary N) is 2. The molecule has 0 bridgehead atoms. The molecule has 0 spiro atoms. The van der Waals surface area contributed by atoms with Gasteiger partial charge in [-0.1, -0.05) is 23.7 Å². The lowest BCUT2D eigenvalue weighted by Gasteiger charge is -2.16. The molecule has 2 aromatic heterocycles. The van der Waals surface area contributed by atoms with Crippen molar-refractivity contribution in [1.82, 2.24) is 35.3 Å². The van der Waals surface area contributed by atoms with Crippen molar-refractivity contribution in [3.63, 3.8) is 0 Å². The number of rotatable bonds is 7. The van der Waals surface area contributed by atoms with Crippen LogP contribution in [0.3, 0.4) is 0 Å². The predicted octanol–water partition coefficient (Wildman–Crippen LogP) is 2.90. The highest BCUT2D eigenvalue weighted by atomic mass is 35.5. The number of hydrogen-bond donors (Lipinski definition) is 2. The van der Waals surface area contributed by atoms with Crippen LogP contribution in [-0.4, -0.2) is 63.5 Å². The Hall–Kier alpha value is -4.31. The fraction of sp³-hybridized carbons (Fsp3) is 0.217. The molecule has 17 heteroatoms. The average molecular weight is 597 g/mol. The third-order valence-electron chi connectivity index (χ3n) is 5.62. The van der Waals surface area contributed by atoms with E-state index in [0.29, 0.717) is 4.68 Å². The molecule has 0 saturated heterocycles. The van der Waals surface area contributed by atoms with Gasteiger partial charge in [-0.05, 0) is 53.2 Å². The molecule has 12 nitrogen and oxygen atoms in total. The summed E-state index contributed by atoms with van der Waals surface area (Å²) in [6, 6.07) is 9.96. The second-order valence-corrected chi connectivity index (χ2v) is 10.9. The van der Waals surface area contributed by atoms with E-state index >= 15 is 0 Å². The van der Waals surface area contributed by atoms with E-state index in [1.54, 1.807) is 12.1 Å². The Balaban J connectivity index is 1.81. The maximum absolute atomic E-state index is 13.6. The van der Waals surface area contributed by atoms with Crippen LogP contribution < -0.4 is 10.6 Å². The van der Waals surface area contributed by atoms with E-state index < -0.39 is 40.2 Å². The zero-order valence-electron chi connectivity index (χ0n) is 21.0. The third-order valence-corrected chi connectivity index (χ3v) is 7.03. The molecule has 4 rings (SSSR count). The molecule has 0 saturated carbocycles. The zero-order valence-corrected chi connectivity index (χ0v) is 22.6. The summed E-state index contributed by atoms with van der Waals surface area (Å²) in [5, 5.41) is 18.9. The van der Waals surface area contributed by atoms with Gasteiger partial charge in [0.25, 0.3) is 17.6 Å². The first-order chi connectivity index (χ1) is 18.7. The lowest BCUT2D eigenvalue weighted by atomic mass is 10.1. The number of carbonyl (C=O) groups is 2. The van der Waals surface area contributed by atoms with Gasteiger partial charge in [0.2, 0.25) is 0 Å². The molecule has 4 aromatic rings. The summed E-state index contributed by atoms with van der Waals surface area (Å²) in [6.45, 7) is 0.967. The molecule has 2 aromatic carbocycles. The molecule has 2 amide bonds. The predicted molar refractivity (Wildman–Crippen MR) is 136 cm³/mol. The Morgan fingerprint density at radius 2 is 1.80 bits per heavy atom. The fourth-order valence-electron chi connectivity index (χ4n) is 3.77. The minimum absolute atomic E-state index is 0.0152. The largest absolute Gasteiger partial charge is 0.453 e. The van der Waals surface area contributed by atoms with Crippen LogP contribution in [0.4, 0.5) is 18.9 Å². The second-order valence-electron chi connectivity index (χ2n) is 8.51. The minimum Gasteiger partial charge on any atom is -0.355 e. The first-order valence-corrected chi connectivity index (χ1v) is 13.5.